The van der Waals surface area contributed by atoms with Crippen LogP contribution in [0.5, 0.6) is 0 Å². The van der Waals surface area contributed by atoms with Crippen LogP contribution in [0.2, 0.25) is 5.28 Å². The summed E-state index contributed by atoms with van der Waals surface area (Å²) in [5, 5.41) is 3.08. The molecule has 58 valence electrons. The summed E-state index contributed by atoms with van der Waals surface area (Å²) in [5.74, 6) is -0.0163. The molecule has 0 aliphatic carbocycles. The molecule has 11 heavy (non-hydrogen) atoms. The van der Waals surface area contributed by atoms with Crippen molar-refractivity contribution < 1.29 is 4.79 Å². The van der Waals surface area contributed by atoms with Gasteiger partial charge >= 0.3 is 0 Å². The summed E-state index contributed by atoms with van der Waals surface area (Å²) in [6, 6.07) is 0. The van der Waals surface area contributed by atoms with E-state index >= 15 is 0 Å². The molecule has 0 saturated heterocycles. The predicted octanol–water partition coefficient (Wildman–Crippen LogP) is 0.166. The topological polar surface area (TPSA) is 46.9 Å². The molecule has 0 atom stereocenters. The van der Waals surface area contributed by atoms with E-state index in [-0.39, 0.29) is 12.5 Å². The Labute approximate surface area is 68.2 Å². The Kier molecular flexibility index (Phi) is 1.35. The molecular formula is C6H6ClN3O. The molecule has 1 aliphatic rings. The average Bonchev–Trinajstić information content (AvgIpc) is 2.33. The lowest BCUT2D eigenvalue weighted by Crippen LogP contribution is -2.33. The van der Waals surface area contributed by atoms with Crippen LogP contribution in [0.1, 0.15) is 5.69 Å². The minimum Gasteiger partial charge on any atom is -0.349 e. The molecular weight excluding hydrogens is 166 g/mol. The van der Waals surface area contributed by atoms with E-state index in [2.05, 4.69) is 10.3 Å². The minimum absolute atomic E-state index is 0.0163. The number of hydrogen-bond donors (Lipinski definition) is 1. The number of halogens is 1. The van der Waals surface area contributed by atoms with E-state index in [4.69, 9.17) is 11.6 Å². The Bertz CT molecular complexity index is 307. The van der Waals surface area contributed by atoms with Gasteiger partial charge in [-0.25, -0.2) is 4.98 Å². The Morgan fingerprint density at radius 3 is 3.36 bits per heavy atom. The number of aromatic nitrogens is 2. The molecule has 2 rings (SSSR count). The molecule has 0 spiro atoms. The Morgan fingerprint density at radius 1 is 1.73 bits per heavy atom. The van der Waals surface area contributed by atoms with Gasteiger partial charge in [0.2, 0.25) is 11.2 Å². The molecule has 1 aromatic heterocycles. The number of nitrogens with one attached hydrogen (secondary N) is 1. The third kappa shape index (κ3) is 0.991. The second-order valence-corrected chi connectivity index (χ2v) is 2.72. The summed E-state index contributed by atoms with van der Waals surface area (Å²) in [7, 11) is 0. The van der Waals surface area contributed by atoms with Crippen LogP contribution >= 0.6 is 11.6 Å². The maximum absolute atomic E-state index is 10.9. The summed E-state index contributed by atoms with van der Waals surface area (Å²) in [6.45, 7) is 0.812. The standard InChI is InChI=1S/C6H6ClN3O/c7-6-9-2-4-1-8-5(11)3-10(4)6/h2H,1,3H2,(H,8,11). The maximum Gasteiger partial charge on any atom is 0.240 e. The lowest BCUT2D eigenvalue weighted by atomic mass is 10.3. The summed E-state index contributed by atoms with van der Waals surface area (Å²) < 4.78 is 1.69. The quantitative estimate of drug-likeness (QED) is 0.605. The van der Waals surface area contributed by atoms with Crippen molar-refractivity contribution in [2.24, 2.45) is 0 Å². The second kappa shape index (κ2) is 2.23. The average molecular weight is 172 g/mol. The number of carbonyl (C=O) groups excluding carboxylic acids is 1. The number of nitrogens with zero attached hydrogens (tertiary/aromatic N) is 2. The summed E-state index contributed by atoms with van der Waals surface area (Å²) in [5.41, 5.74) is 0.953. The monoisotopic (exact) mass is 171 g/mol. The first-order chi connectivity index (χ1) is 5.27. The van der Waals surface area contributed by atoms with Gasteiger partial charge in [-0.2, -0.15) is 0 Å². The largest absolute Gasteiger partial charge is 0.349 e. The zero-order valence-corrected chi connectivity index (χ0v) is 6.43. The van der Waals surface area contributed by atoms with Crippen molar-refractivity contribution in [2.75, 3.05) is 0 Å². The van der Waals surface area contributed by atoms with E-state index in [1.807, 2.05) is 0 Å². The molecule has 0 fully saturated rings. The zero-order valence-electron chi connectivity index (χ0n) is 5.67. The third-order valence-corrected chi connectivity index (χ3v) is 1.96. The Balaban J connectivity index is 2.45. The molecule has 1 N–H and O–H groups in total. The van der Waals surface area contributed by atoms with Crippen LogP contribution in [0, 0.1) is 0 Å². The highest BCUT2D eigenvalue weighted by atomic mass is 35.5. The van der Waals surface area contributed by atoms with Gasteiger partial charge in [0.05, 0.1) is 18.4 Å². The van der Waals surface area contributed by atoms with Gasteiger partial charge in [-0.1, -0.05) is 0 Å². The van der Waals surface area contributed by atoms with Crippen LogP contribution < -0.4 is 5.32 Å². The van der Waals surface area contributed by atoms with Gasteiger partial charge in [-0.15, -0.1) is 0 Å². The molecule has 1 amide bonds. The van der Waals surface area contributed by atoms with E-state index in [9.17, 15) is 4.79 Å². The molecule has 0 unspecified atom stereocenters. The molecule has 1 aliphatic heterocycles. The summed E-state index contributed by atoms with van der Waals surface area (Å²) in [4.78, 5) is 14.7. The normalized spacial score (nSPS) is 15.9. The highest BCUT2D eigenvalue weighted by molar-refractivity contribution is 6.28. The minimum atomic E-state index is -0.0163. The zero-order chi connectivity index (χ0) is 7.84. The SMILES string of the molecule is O=C1Cn2c(cnc2Cl)CN1. The summed E-state index contributed by atoms with van der Waals surface area (Å²) >= 11 is 5.69. The van der Waals surface area contributed by atoms with Crippen LogP contribution in [0.15, 0.2) is 6.20 Å². The fourth-order valence-electron chi connectivity index (χ4n) is 1.08. The van der Waals surface area contributed by atoms with Gasteiger partial charge in [0.15, 0.2) is 0 Å². The molecule has 1 aromatic rings. The van der Waals surface area contributed by atoms with Crippen molar-refractivity contribution in [3.05, 3.63) is 17.2 Å². The molecule has 5 heteroatoms. The number of carbonyl (C=O) groups is 1. The first-order valence-corrected chi connectivity index (χ1v) is 3.62. The van der Waals surface area contributed by atoms with Gasteiger partial charge in [0.25, 0.3) is 0 Å². The van der Waals surface area contributed by atoms with Crippen molar-refractivity contribution in [2.45, 2.75) is 13.1 Å². The van der Waals surface area contributed by atoms with Gasteiger partial charge in [-0.3, -0.25) is 4.79 Å². The predicted molar refractivity (Wildman–Crippen MR) is 39.1 cm³/mol. The molecule has 2 heterocycles. The van der Waals surface area contributed by atoms with Gasteiger partial charge in [0, 0.05) is 0 Å². The van der Waals surface area contributed by atoms with Crippen molar-refractivity contribution in [1.82, 2.24) is 14.9 Å². The van der Waals surface area contributed by atoms with E-state index in [0.29, 0.717) is 11.8 Å². The molecule has 0 radical (unpaired) electrons. The van der Waals surface area contributed by atoms with Crippen molar-refractivity contribution >= 4 is 17.5 Å². The van der Waals surface area contributed by atoms with E-state index < -0.39 is 0 Å². The van der Waals surface area contributed by atoms with E-state index in [1.54, 1.807) is 10.8 Å². The highest BCUT2D eigenvalue weighted by Gasteiger charge is 2.16. The van der Waals surface area contributed by atoms with Crippen molar-refractivity contribution in [1.29, 1.82) is 0 Å². The molecule has 0 saturated carbocycles. The molecule has 0 bridgehead atoms. The van der Waals surface area contributed by atoms with Crippen LogP contribution in [-0.2, 0) is 17.9 Å². The van der Waals surface area contributed by atoms with Gasteiger partial charge in [0.1, 0.15) is 6.54 Å². The van der Waals surface area contributed by atoms with Crippen LogP contribution in [0.4, 0.5) is 0 Å². The first kappa shape index (κ1) is 6.67. The van der Waals surface area contributed by atoms with Crippen LogP contribution in [-0.4, -0.2) is 15.5 Å². The number of rotatable bonds is 0. The number of fused-ring (bicyclic) bond motifs is 1. The van der Waals surface area contributed by atoms with Crippen LogP contribution in [0.25, 0.3) is 0 Å². The second-order valence-electron chi connectivity index (χ2n) is 2.38. The Hall–Kier alpha value is -1.03. The van der Waals surface area contributed by atoms with Crippen molar-refractivity contribution in [3.8, 4) is 0 Å². The number of imidazole rings is 1. The Morgan fingerprint density at radius 2 is 2.55 bits per heavy atom. The fraction of sp³-hybridized carbons (Fsp3) is 0.333. The van der Waals surface area contributed by atoms with E-state index in [0.717, 1.165) is 5.69 Å². The van der Waals surface area contributed by atoms with Gasteiger partial charge in [-0.05, 0) is 11.6 Å². The van der Waals surface area contributed by atoms with E-state index in [1.165, 1.54) is 0 Å². The lowest BCUT2D eigenvalue weighted by Gasteiger charge is -2.14. The number of amides is 1. The lowest BCUT2D eigenvalue weighted by molar-refractivity contribution is -0.122. The van der Waals surface area contributed by atoms with Crippen molar-refractivity contribution in [3.63, 3.8) is 0 Å². The molecule has 4 nitrogen and oxygen atoms in total. The smallest absolute Gasteiger partial charge is 0.240 e. The maximum atomic E-state index is 10.9. The van der Waals surface area contributed by atoms with Crippen LogP contribution in [0.3, 0.4) is 0 Å². The molecule has 0 aromatic carbocycles. The number of hydrogen-bond acceptors (Lipinski definition) is 2. The third-order valence-electron chi connectivity index (χ3n) is 1.66. The summed E-state index contributed by atoms with van der Waals surface area (Å²) in [6.07, 6.45) is 1.67. The fourth-order valence-corrected chi connectivity index (χ4v) is 1.30. The van der Waals surface area contributed by atoms with Gasteiger partial charge < -0.3 is 9.88 Å². The first-order valence-electron chi connectivity index (χ1n) is 3.24. The highest BCUT2D eigenvalue weighted by Crippen LogP contribution is 2.12.